The fraction of sp³-hybridized carbons (Fsp3) is 0.708. The highest BCUT2D eigenvalue weighted by atomic mass is 16.6. The van der Waals surface area contributed by atoms with Crippen LogP contribution in [-0.4, -0.2) is 52.4 Å². The van der Waals surface area contributed by atoms with Crippen molar-refractivity contribution in [3.8, 4) is 0 Å². The molecule has 0 spiro atoms. The topological polar surface area (TPSA) is 110 Å². The van der Waals surface area contributed by atoms with E-state index < -0.39 is 59.0 Å². The van der Waals surface area contributed by atoms with Crippen LogP contribution >= 0.6 is 0 Å². The van der Waals surface area contributed by atoms with Crippen molar-refractivity contribution < 1.29 is 34.1 Å². The molecular formula is C24H34O7. The maximum Gasteiger partial charge on any atom is 0.303 e. The Morgan fingerprint density at radius 3 is 2.23 bits per heavy atom. The molecule has 0 aromatic carbocycles. The first kappa shape index (κ1) is 23.7. The summed E-state index contributed by atoms with van der Waals surface area (Å²) in [5, 5.41) is 22.2. The molecule has 7 heteroatoms. The Labute approximate surface area is 183 Å². The van der Waals surface area contributed by atoms with Crippen molar-refractivity contribution in [2.45, 2.75) is 85.2 Å². The van der Waals surface area contributed by atoms with E-state index >= 15 is 0 Å². The lowest BCUT2D eigenvalue weighted by Crippen LogP contribution is -2.63. The van der Waals surface area contributed by atoms with E-state index in [1.165, 1.54) is 13.8 Å². The van der Waals surface area contributed by atoms with Gasteiger partial charge in [0, 0.05) is 37.5 Å². The number of fused-ring (bicyclic) bond motifs is 3. The molecule has 7 nitrogen and oxygen atoms in total. The smallest absolute Gasteiger partial charge is 0.303 e. The number of Topliss-reactive ketones (excluding diaryl/α,β-unsaturated/α-hetero) is 1. The lowest BCUT2D eigenvalue weighted by molar-refractivity contribution is -0.194. The van der Waals surface area contributed by atoms with Crippen molar-refractivity contribution in [3.05, 3.63) is 23.3 Å². The summed E-state index contributed by atoms with van der Waals surface area (Å²) in [7, 11) is 0. The van der Waals surface area contributed by atoms with Crippen LogP contribution < -0.4 is 0 Å². The zero-order valence-corrected chi connectivity index (χ0v) is 19.2. The molecule has 0 aromatic rings. The predicted molar refractivity (Wildman–Crippen MR) is 113 cm³/mol. The average molecular weight is 435 g/mol. The molecular weight excluding hydrogens is 400 g/mol. The molecule has 3 aliphatic carbocycles. The number of carbonyl (C=O) groups excluding carboxylic acids is 3. The Bertz CT molecular complexity index is 854. The third kappa shape index (κ3) is 3.65. The lowest BCUT2D eigenvalue weighted by atomic mass is 9.49. The van der Waals surface area contributed by atoms with E-state index in [4.69, 9.17) is 9.47 Å². The number of ether oxygens (including phenoxy) is 2. The molecule has 7 atom stereocenters. The van der Waals surface area contributed by atoms with Gasteiger partial charge in [-0.2, -0.15) is 0 Å². The van der Waals surface area contributed by atoms with Gasteiger partial charge in [0.15, 0.2) is 5.78 Å². The van der Waals surface area contributed by atoms with E-state index in [1.54, 1.807) is 6.92 Å². The molecule has 0 unspecified atom stereocenters. The van der Waals surface area contributed by atoms with Crippen LogP contribution in [0.5, 0.6) is 0 Å². The van der Waals surface area contributed by atoms with Gasteiger partial charge in [-0.1, -0.05) is 27.4 Å². The van der Waals surface area contributed by atoms with Crippen molar-refractivity contribution in [1.82, 2.24) is 0 Å². The van der Waals surface area contributed by atoms with Gasteiger partial charge >= 0.3 is 11.9 Å². The Balaban J connectivity index is 2.34. The normalized spacial score (nSPS) is 39.9. The standard InChI is InChI=1S/C24H34O7/c1-11-16(27)8-9-24(7)19(11)21(30-13(3)25)15-10-17(28)12(2)18(23(15,5)6)20(29)22(24)31-14(4)26/h15-16,19-22,27,29H,1,8-10H2,2-7H3/t15-,16-,19-,20+,21+,22-,24+/m0/s1. The number of aliphatic hydroxyl groups excluding tert-OH is 2. The SMILES string of the molecule is C=C1[C@@H](O)CC[C@@]2(C)[C@@H](OC(C)=O)[C@H](O)C3=C(C)C(=O)C[C@@H]([C@@H](OC(C)=O)[C@H]12)C3(C)C. The van der Waals surface area contributed by atoms with Crippen molar-refractivity contribution in [2.75, 3.05) is 0 Å². The van der Waals surface area contributed by atoms with Crippen LogP contribution in [0.3, 0.4) is 0 Å². The molecule has 172 valence electrons. The maximum atomic E-state index is 13.0. The highest BCUT2D eigenvalue weighted by molar-refractivity contribution is 5.97. The molecule has 3 rings (SSSR count). The monoisotopic (exact) mass is 434 g/mol. The molecule has 0 radical (unpaired) electrons. The van der Waals surface area contributed by atoms with Gasteiger partial charge in [0.05, 0.1) is 6.10 Å². The van der Waals surface area contributed by atoms with Crippen molar-refractivity contribution >= 4 is 17.7 Å². The number of ketones is 1. The second-order valence-electron chi connectivity index (χ2n) is 10.2. The fourth-order valence-corrected chi connectivity index (χ4v) is 6.36. The van der Waals surface area contributed by atoms with Gasteiger partial charge in [-0.3, -0.25) is 14.4 Å². The molecule has 0 aliphatic heterocycles. The summed E-state index contributed by atoms with van der Waals surface area (Å²) in [6, 6.07) is 0. The van der Waals surface area contributed by atoms with Crippen LogP contribution in [0.2, 0.25) is 0 Å². The van der Waals surface area contributed by atoms with Gasteiger partial charge in [0.2, 0.25) is 0 Å². The molecule has 2 N–H and O–H groups in total. The van der Waals surface area contributed by atoms with E-state index in [0.29, 0.717) is 29.6 Å². The molecule has 0 heterocycles. The highest BCUT2D eigenvalue weighted by Crippen LogP contribution is 2.59. The lowest BCUT2D eigenvalue weighted by Gasteiger charge is -2.58. The molecule has 2 saturated carbocycles. The Hall–Kier alpha value is -1.99. The minimum atomic E-state index is -1.21. The summed E-state index contributed by atoms with van der Waals surface area (Å²) in [5.74, 6) is -2.22. The summed E-state index contributed by atoms with van der Waals surface area (Å²) in [5.41, 5.74) is -0.123. The Morgan fingerprint density at radius 2 is 1.68 bits per heavy atom. The quantitative estimate of drug-likeness (QED) is 0.507. The highest BCUT2D eigenvalue weighted by Gasteiger charge is 2.62. The van der Waals surface area contributed by atoms with Gasteiger partial charge in [0.25, 0.3) is 0 Å². The van der Waals surface area contributed by atoms with E-state index in [2.05, 4.69) is 6.58 Å². The Kier molecular flexibility index (Phi) is 6.00. The van der Waals surface area contributed by atoms with Crippen molar-refractivity contribution in [3.63, 3.8) is 0 Å². The average Bonchev–Trinajstić information content (AvgIpc) is 2.64. The number of esters is 2. The first-order valence-electron chi connectivity index (χ1n) is 10.9. The largest absolute Gasteiger partial charge is 0.462 e. The predicted octanol–water partition coefficient (Wildman–Crippen LogP) is 2.49. The summed E-state index contributed by atoms with van der Waals surface area (Å²) in [6.07, 6.45) is -2.82. The van der Waals surface area contributed by atoms with Crippen LogP contribution in [0.15, 0.2) is 23.3 Å². The first-order valence-corrected chi connectivity index (χ1v) is 10.9. The number of hydrogen-bond acceptors (Lipinski definition) is 7. The number of rotatable bonds is 2. The minimum absolute atomic E-state index is 0.136. The molecule has 0 saturated heterocycles. The first-order chi connectivity index (χ1) is 14.2. The third-order valence-electron chi connectivity index (χ3n) is 7.90. The summed E-state index contributed by atoms with van der Waals surface area (Å²) < 4.78 is 11.6. The minimum Gasteiger partial charge on any atom is -0.462 e. The number of allylic oxidation sites excluding steroid dienone is 1. The van der Waals surface area contributed by atoms with Crippen molar-refractivity contribution in [1.29, 1.82) is 0 Å². The summed E-state index contributed by atoms with van der Waals surface area (Å²) in [4.78, 5) is 37.2. The number of aliphatic hydroxyl groups is 2. The van der Waals surface area contributed by atoms with Gasteiger partial charge in [-0.25, -0.2) is 0 Å². The van der Waals surface area contributed by atoms with Crippen LogP contribution in [0, 0.1) is 22.7 Å². The van der Waals surface area contributed by atoms with Gasteiger partial charge in [-0.05, 0) is 41.9 Å². The zero-order chi connectivity index (χ0) is 23.5. The van der Waals surface area contributed by atoms with Crippen LogP contribution in [0.25, 0.3) is 0 Å². The maximum absolute atomic E-state index is 13.0. The van der Waals surface area contributed by atoms with E-state index in [1.807, 2.05) is 20.8 Å². The van der Waals surface area contributed by atoms with E-state index in [9.17, 15) is 24.6 Å². The van der Waals surface area contributed by atoms with Crippen LogP contribution in [-0.2, 0) is 23.9 Å². The van der Waals surface area contributed by atoms with Crippen LogP contribution in [0.4, 0.5) is 0 Å². The third-order valence-corrected chi connectivity index (χ3v) is 7.90. The summed E-state index contributed by atoms with van der Waals surface area (Å²) in [6.45, 7) is 14.1. The van der Waals surface area contributed by atoms with Gasteiger partial charge in [-0.15, -0.1) is 0 Å². The van der Waals surface area contributed by atoms with Gasteiger partial charge < -0.3 is 19.7 Å². The summed E-state index contributed by atoms with van der Waals surface area (Å²) >= 11 is 0. The molecule has 0 amide bonds. The zero-order valence-electron chi connectivity index (χ0n) is 19.2. The molecule has 31 heavy (non-hydrogen) atoms. The number of carbonyl (C=O) groups is 3. The van der Waals surface area contributed by atoms with E-state index in [-0.39, 0.29) is 12.2 Å². The van der Waals surface area contributed by atoms with Crippen molar-refractivity contribution in [2.24, 2.45) is 22.7 Å². The molecule has 0 aromatic heterocycles. The fourth-order valence-electron chi connectivity index (χ4n) is 6.36. The molecule has 2 fully saturated rings. The Morgan fingerprint density at radius 1 is 1.10 bits per heavy atom. The number of hydrogen-bond donors (Lipinski definition) is 2. The molecule has 3 aliphatic rings. The van der Waals surface area contributed by atoms with Crippen LogP contribution in [0.1, 0.15) is 60.8 Å². The second-order valence-corrected chi connectivity index (χ2v) is 10.2. The van der Waals surface area contributed by atoms with E-state index in [0.717, 1.165) is 0 Å². The molecule has 2 bridgehead atoms. The van der Waals surface area contributed by atoms with Gasteiger partial charge in [0.1, 0.15) is 18.3 Å². The second kappa shape index (κ2) is 7.85.